The molecule has 32 heavy (non-hydrogen) atoms. The number of ether oxygens (including phenoxy) is 1. The number of hydrogen-bond acceptors (Lipinski definition) is 5. The highest BCUT2D eigenvalue weighted by Crippen LogP contribution is 2.21. The third-order valence-corrected chi connectivity index (χ3v) is 6.02. The Morgan fingerprint density at radius 1 is 1.03 bits per heavy atom. The van der Waals surface area contributed by atoms with Gasteiger partial charge in [0.1, 0.15) is 12.2 Å². The average molecular weight is 434 g/mol. The zero-order chi connectivity index (χ0) is 22.7. The fraction of sp³-hybridized carbons (Fsp3) is 0.346. The van der Waals surface area contributed by atoms with E-state index >= 15 is 0 Å². The number of esters is 1. The third-order valence-electron chi connectivity index (χ3n) is 6.02. The van der Waals surface area contributed by atoms with Gasteiger partial charge in [-0.05, 0) is 68.0 Å². The predicted octanol–water partition coefficient (Wildman–Crippen LogP) is 4.32. The van der Waals surface area contributed by atoms with Crippen LogP contribution in [-0.2, 0) is 22.6 Å². The molecule has 1 aliphatic heterocycles. The topological polar surface area (TPSA) is 76.8 Å². The van der Waals surface area contributed by atoms with Gasteiger partial charge in [-0.15, -0.1) is 0 Å². The molecule has 0 N–H and O–H groups in total. The lowest BCUT2D eigenvalue weighted by Gasteiger charge is -2.15. The normalized spacial score (nSPS) is 13.5. The molecule has 1 amide bonds. The summed E-state index contributed by atoms with van der Waals surface area (Å²) in [6, 6.07) is 12.9. The molecule has 3 aromatic rings. The van der Waals surface area contributed by atoms with Gasteiger partial charge >= 0.3 is 11.6 Å². The van der Waals surface area contributed by atoms with E-state index in [1.807, 2.05) is 36.9 Å². The van der Waals surface area contributed by atoms with Crippen LogP contribution in [0.15, 0.2) is 51.7 Å². The summed E-state index contributed by atoms with van der Waals surface area (Å²) in [5.74, 6) is -0.337. The predicted molar refractivity (Wildman–Crippen MR) is 122 cm³/mol. The van der Waals surface area contributed by atoms with Crippen molar-refractivity contribution in [2.45, 2.75) is 46.1 Å². The number of aryl methyl sites for hydroxylation is 2. The van der Waals surface area contributed by atoms with Gasteiger partial charge in [-0.3, -0.25) is 9.59 Å². The first-order valence-corrected chi connectivity index (χ1v) is 11.0. The molecule has 4 rings (SSSR count). The summed E-state index contributed by atoms with van der Waals surface area (Å²) in [5, 5.41) is 0.877. The van der Waals surface area contributed by atoms with Gasteiger partial charge < -0.3 is 14.1 Å². The van der Waals surface area contributed by atoms with Gasteiger partial charge in [-0.25, -0.2) is 4.79 Å². The van der Waals surface area contributed by atoms with Gasteiger partial charge in [0.25, 0.3) is 5.91 Å². The van der Waals surface area contributed by atoms with Crippen LogP contribution in [-0.4, -0.2) is 29.9 Å². The van der Waals surface area contributed by atoms with Crippen LogP contribution in [0.5, 0.6) is 0 Å². The number of carbonyl (C=O) groups excluding carboxylic acids is 2. The van der Waals surface area contributed by atoms with Gasteiger partial charge in [-0.2, -0.15) is 0 Å². The molecule has 1 aromatic heterocycles. The van der Waals surface area contributed by atoms with Crippen molar-refractivity contribution in [3.8, 4) is 0 Å². The SMILES string of the molecule is Cc1ccc2c(C)c(CCC(=O)OCc3ccc(C(=O)N4CCCC4)cc3)c(=O)oc2c1. The molecule has 0 bridgehead atoms. The summed E-state index contributed by atoms with van der Waals surface area (Å²) >= 11 is 0. The average Bonchev–Trinajstić information content (AvgIpc) is 3.32. The molecule has 6 nitrogen and oxygen atoms in total. The van der Waals surface area contributed by atoms with Crippen LogP contribution in [0.4, 0.5) is 0 Å². The maximum Gasteiger partial charge on any atom is 0.339 e. The minimum absolute atomic E-state index is 0.0470. The molecule has 2 aromatic carbocycles. The van der Waals surface area contributed by atoms with Crippen molar-refractivity contribution < 1.29 is 18.7 Å². The second kappa shape index (κ2) is 9.39. The Labute approximate surface area is 186 Å². The van der Waals surface area contributed by atoms with Crippen molar-refractivity contribution in [2.24, 2.45) is 0 Å². The molecule has 6 heteroatoms. The monoisotopic (exact) mass is 433 g/mol. The van der Waals surface area contributed by atoms with E-state index < -0.39 is 5.63 Å². The van der Waals surface area contributed by atoms with Crippen LogP contribution < -0.4 is 5.63 Å². The van der Waals surface area contributed by atoms with Crippen molar-refractivity contribution in [1.82, 2.24) is 4.90 Å². The molecule has 2 heterocycles. The summed E-state index contributed by atoms with van der Waals surface area (Å²) in [7, 11) is 0. The molecule has 0 saturated carbocycles. The van der Waals surface area contributed by atoms with Crippen molar-refractivity contribution in [1.29, 1.82) is 0 Å². The highest BCUT2D eigenvalue weighted by Gasteiger charge is 2.19. The van der Waals surface area contributed by atoms with Crippen LogP contribution in [0.3, 0.4) is 0 Å². The van der Waals surface area contributed by atoms with Crippen LogP contribution in [0.2, 0.25) is 0 Å². The maximum atomic E-state index is 12.4. The second-order valence-electron chi connectivity index (χ2n) is 8.35. The Balaban J connectivity index is 1.33. The van der Waals surface area contributed by atoms with E-state index in [4.69, 9.17) is 9.15 Å². The zero-order valence-corrected chi connectivity index (χ0v) is 18.5. The van der Waals surface area contributed by atoms with Gasteiger partial charge in [0, 0.05) is 36.0 Å². The standard InChI is InChI=1S/C26H27NO5/c1-17-5-10-21-18(2)22(26(30)32-23(21)15-17)11-12-24(28)31-16-19-6-8-20(9-7-19)25(29)27-13-3-4-14-27/h5-10,15H,3-4,11-14,16H2,1-2H3. The molecule has 1 fully saturated rings. The summed E-state index contributed by atoms with van der Waals surface area (Å²) in [6.07, 6.45) is 2.47. The maximum absolute atomic E-state index is 12.4. The van der Waals surface area contributed by atoms with Crippen molar-refractivity contribution >= 4 is 22.8 Å². The fourth-order valence-electron chi connectivity index (χ4n) is 4.10. The number of carbonyl (C=O) groups is 2. The first kappa shape index (κ1) is 21.8. The minimum Gasteiger partial charge on any atom is -0.461 e. The lowest BCUT2D eigenvalue weighted by atomic mass is 10.0. The summed E-state index contributed by atoms with van der Waals surface area (Å²) in [6.45, 7) is 5.57. The molecule has 1 aliphatic rings. The minimum atomic E-state index is -0.411. The molecule has 1 saturated heterocycles. The zero-order valence-electron chi connectivity index (χ0n) is 18.5. The Bertz CT molecular complexity index is 1200. The van der Waals surface area contributed by atoms with Crippen molar-refractivity contribution in [3.63, 3.8) is 0 Å². The Hall–Kier alpha value is -3.41. The number of fused-ring (bicyclic) bond motifs is 1. The van der Waals surface area contributed by atoms with Gasteiger partial charge in [0.05, 0.1) is 0 Å². The third kappa shape index (κ3) is 4.74. The van der Waals surface area contributed by atoms with Gasteiger partial charge in [-0.1, -0.05) is 24.3 Å². The van der Waals surface area contributed by atoms with Gasteiger partial charge in [0.15, 0.2) is 0 Å². The molecule has 0 atom stereocenters. The van der Waals surface area contributed by atoms with E-state index in [-0.39, 0.29) is 31.3 Å². The Kier molecular flexibility index (Phi) is 6.40. The molecule has 0 unspecified atom stereocenters. The van der Waals surface area contributed by atoms with Gasteiger partial charge in [0.2, 0.25) is 0 Å². The lowest BCUT2D eigenvalue weighted by Crippen LogP contribution is -2.27. The molecular weight excluding hydrogens is 406 g/mol. The van der Waals surface area contributed by atoms with E-state index in [9.17, 15) is 14.4 Å². The Morgan fingerprint density at radius 2 is 1.75 bits per heavy atom. The van der Waals surface area contributed by atoms with Crippen molar-refractivity contribution in [2.75, 3.05) is 13.1 Å². The quantitative estimate of drug-likeness (QED) is 0.427. The first-order chi connectivity index (χ1) is 15.4. The first-order valence-electron chi connectivity index (χ1n) is 11.0. The number of nitrogens with zero attached hydrogens (tertiary/aromatic N) is 1. The largest absolute Gasteiger partial charge is 0.461 e. The molecule has 0 aliphatic carbocycles. The number of amides is 1. The highest BCUT2D eigenvalue weighted by molar-refractivity contribution is 5.94. The number of likely N-dealkylation sites (tertiary alicyclic amines) is 1. The van der Waals surface area contributed by atoms with E-state index in [0.29, 0.717) is 16.7 Å². The van der Waals surface area contributed by atoms with E-state index in [2.05, 4.69) is 0 Å². The van der Waals surface area contributed by atoms with Crippen LogP contribution in [0.1, 0.15) is 51.9 Å². The molecule has 0 spiro atoms. The van der Waals surface area contributed by atoms with E-state index in [1.165, 1.54) is 0 Å². The summed E-state index contributed by atoms with van der Waals surface area (Å²) in [5.41, 5.74) is 3.97. The van der Waals surface area contributed by atoms with E-state index in [0.717, 1.165) is 48.0 Å². The van der Waals surface area contributed by atoms with E-state index in [1.54, 1.807) is 24.3 Å². The smallest absolute Gasteiger partial charge is 0.339 e. The highest BCUT2D eigenvalue weighted by atomic mass is 16.5. The second-order valence-corrected chi connectivity index (χ2v) is 8.35. The molecule has 0 radical (unpaired) electrons. The summed E-state index contributed by atoms with van der Waals surface area (Å²) < 4.78 is 10.8. The summed E-state index contributed by atoms with van der Waals surface area (Å²) in [4.78, 5) is 38.9. The number of hydrogen-bond donors (Lipinski definition) is 0. The lowest BCUT2D eigenvalue weighted by molar-refractivity contribution is -0.144. The van der Waals surface area contributed by atoms with Crippen LogP contribution >= 0.6 is 0 Å². The Morgan fingerprint density at radius 3 is 2.47 bits per heavy atom. The van der Waals surface area contributed by atoms with Crippen LogP contribution in [0.25, 0.3) is 11.0 Å². The van der Waals surface area contributed by atoms with Crippen molar-refractivity contribution in [3.05, 3.63) is 80.7 Å². The fourth-order valence-corrected chi connectivity index (χ4v) is 4.10. The molecule has 166 valence electrons. The number of rotatable bonds is 6. The molecular formula is C26H27NO5. The van der Waals surface area contributed by atoms with Crippen LogP contribution in [0, 0.1) is 13.8 Å². The number of benzene rings is 2.